The summed E-state index contributed by atoms with van der Waals surface area (Å²) in [4.78, 5) is 22.3. The monoisotopic (exact) mass is 270 g/mol. The number of carbonyl (C=O) groups is 2. The molecule has 0 saturated heterocycles. The zero-order valence-electron chi connectivity index (χ0n) is 9.94. The maximum atomic E-state index is 11.6. The zero-order chi connectivity index (χ0) is 13.7. The van der Waals surface area contributed by atoms with Crippen molar-refractivity contribution in [3.63, 3.8) is 0 Å². The molecular formula is C12H15ClN2O3. The molecule has 0 aromatic heterocycles. The second-order valence-corrected chi connectivity index (χ2v) is 4.50. The van der Waals surface area contributed by atoms with Crippen LogP contribution in [0.15, 0.2) is 18.2 Å². The molecule has 18 heavy (non-hydrogen) atoms. The molecule has 5 nitrogen and oxygen atoms in total. The summed E-state index contributed by atoms with van der Waals surface area (Å²) in [6, 6.07) is 4.27. The van der Waals surface area contributed by atoms with Gasteiger partial charge in [-0.15, -0.1) is 0 Å². The topological polar surface area (TPSA) is 92.4 Å². The van der Waals surface area contributed by atoms with Gasteiger partial charge < -0.3 is 16.2 Å². The van der Waals surface area contributed by atoms with Gasteiger partial charge >= 0.3 is 5.97 Å². The van der Waals surface area contributed by atoms with Crippen LogP contribution in [0.2, 0.25) is 5.02 Å². The van der Waals surface area contributed by atoms with Gasteiger partial charge in [0.25, 0.3) is 0 Å². The number of hydrogen-bond donors (Lipinski definition) is 3. The van der Waals surface area contributed by atoms with E-state index in [0.29, 0.717) is 18.7 Å². The lowest BCUT2D eigenvalue weighted by Gasteiger charge is -2.10. The molecule has 1 rings (SSSR count). The van der Waals surface area contributed by atoms with Gasteiger partial charge in [-0.1, -0.05) is 18.5 Å². The number of aromatic carboxylic acids is 1. The minimum atomic E-state index is -1.10. The van der Waals surface area contributed by atoms with Crippen LogP contribution >= 0.6 is 11.6 Å². The maximum Gasteiger partial charge on any atom is 0.337 e. The van der Waals surface area contributed by atoms with Crippen LogP contribution in [0.1, 0.15) is 23.7 Å². The molecule has 4 N–H and O–H groups in total. The molecule has 1 aromatic carbocycles. The predicted octanol–water partition coefficient (Wildman–Crippen LogP) is 1.96. The fourth-order valence-electron chi connectivity index (χ4n) is 1.38. The Morgan fingerprint density at radius 3 is 2.67 bits per heavy atom. The van der Waals surface area contributed by atoms with Gasteiger partial charge in [-0.25, -0.2) is 4.79 Å². The Morgan fingerprint density at radius 2 is 2.17 bits per heavy atom. The Kier molecular flexibility index (Phi) is 5.12. The molecule has 1 unspecified atom stereocenters. The Bertz CT molecular complexity index is 463. The van der Waals surface area contributed by atoms with Crippen molar-refractivity contribution >= 4 is 29.2 Å². The number of rotatable bonds is 5. The number of benzene rings is 1. The Balaban J connectivity index is 2.72. The summed E-state index contributed by atoms with van der Waals surface area (Å²) < 4.78 is 0. The number of nitrogens with two attached hydrogens (primary N) is 1. The summed E-state index contributed by atoms with van der Waals surface area (Å²) in [5.41, 5.74) is 5.90. The van der Waals surface area contributed by atoms with Crippen molar-refractivity contribution in [3.8, 4) is 0 Å². The number of anilines is 1. The molecule has 0 radical (unpaired) electrons. The van der Waals surface area contributed by atoms with Gasteiger partial charge in [0.15, 0.2) is 0 Å². The van der Waals surface area contributed by atoms with E-state index in [1.165, 1.54) is 18.2 Å². The molecule has 0 aliphatic rings. The van der Waals surface area contributed by atoms with Gasteiger partial charge in [0.2, 0.25) is 5.91 Å². The smallest absolute Gasteiger partial charge is 0.337 e. The van der Waals surface area contributed by atoms with E-state index in [9.17, 15) is 9.59 Å². The van der Waals surface area contributed by atoms with Crippen LogP contribution in [0.3, 0.4) is 0 Å². The molecule has 0 saturated carbocycles. The van der Waals surface area contributed by atoms with E-state index in [4.69, 9.17) is 22.4 Å². The number of nitrogens with one attached hydrogen (secondary N) is 1. The molecule has 1 amide bonds. The van der Waals surface area contributed by atoms with Gasteiger partial charge in [0.1, 0.15) is 0 Å². The lowest BCUT2D eigenvalue weighted by atomic mass is 10.1. The van der Waals surface area contributed by atoms with E-state index in [0.717, 1.165) is 0 Å². The predicted molar refractivity (Wildman–Crippen MR) is 69.9 cm³/mol. The molecule has 0 aliphatic heterocycles. The van der Waals surface area contributed by atoms with E-state index in [1.807, 2.05) is 6.92 Å². The summed E-state index contributed by atoms with van der Waals surface area (Å²) in [6.45, 7) is 2.31. The third-order valence-electron chi connectivity index (χ3n) is 2.42. The van der Waals surface area contributed by atoms with Crippen molar-refractivity contribution in [3.05, 3.63) is 28.8 Å². The Morgan fingerprint density at radius 1 is 1.50 bits per heavy atom. The molecule has 0 aliphatic carbocycles. The van der Waals surface area contributed by atoms with E-state index < -0.39 is 5.97 Å². The molecule has 1 aromatic rings. The third-order valence-corrected chi connectivity index (χ3v) is 2.73. The molecule has 6 heteroatoms. The SMILES string of the molecule is CC(CN)CC(=O)Nc1ccc(C(=O)O)c(Cl)c1. The average Bonchev–Trinajstić information content (AvgIpc) is 2.28. The molecule has 0 heterocycles. The van der Waals surface area contributed by atoms with E-state index >= 15 is 0 Å². The lowest BCUT2D eigenvalue weighted by molar-refractivity contribution is -0.116. The number of carbonyl (C=O) groups excluding carboxylic acids is 1. The van der Waals surface area contributed by atoms with E-state index in [1.54, 1.807) is 0 Å². The molecule has 0 bridgehead atoms. The van der Waals surface area contributed by atoms with Gasteiger partial charge in [0, 0.05) is 12.1 Å². The number of carboxylic acids is 1. The van der Waals surface area contributed by atoms with Gasteiger partial charge in [-0.3, -0.25) is 4.79 Å². The van der Waals surface area contributed by atoms with Crippen molar-refractivity contribution < 1.29 is 14.7 Å². The highest BCUT2D eigenvalue weighted by Gasteiger charge is 2.11. The van der Waals surface area contributed by atoms with Crippen LogP contribution in [0, 0.1) is 5.92 Å². The number of halogens is 1. The van der Waals surface area contributed by atoms with Gasteiger partial charge in [-0.05, 0) is 30.7 Å². The van der Waals surface area contributed by atoms with Crippen molar-refractivity contribution in [2.75, 3.05) is 11.9 Å². The molecule has 98 valence electrons. The largest absolute Gasteiger partial charge is 0.478 e. The number of amides is 1. The first-order chi connectivity index (χ1) is 8.43. The van der Waals surface area contributed by atoms with Crippen molar-refractivity contribution in [1.82, 2.24) is 0 Å². The maximum absolute atomic E-state index is 11.6. The highest BCUT2D eigenvalue weighted by Crippen LogP contribution is 2.21. The average molecular weight is 271 g/mol. The fraction of sp³-hybridized carbons (Fsp3) is 0.333. The molecule has 1 atom stereocenters. The summed E-state index contributed by atoms with van der Waals surface area (Å²) in [7, 11) is 0. The van der Waals surface area contributed by atoms with Crippen molar-refractivity contribution in [2.24, 2.45) is 11.7 Å². The quantitative estimate of drug-likeness (QED) is 0.762. The summed E-state index contributed by atoms with van der Waals surface area (Å²) >= 11 is 5.79. The number of carboxylic acid groups (broad SMARTS) is 1. The standard InChI is InChI=1S/C12H15ClN2O3/c1-7(6-14)4-11(16)15-8-2-3-9(12(17)18)10(13)5-8/h2-3,5,7H,4,6,14H2,1H3,(H,15,16)(H,17,18). The van der Waals surface area contributed by atoms with Crippen molar-refractivity contribution in [2.45, 2.75) is 13.3 Å². The second kappa shape index (κ2) is 6.37. The molecular weight excluding hydrogens is 256 g/mol. The van der Waals surface area contributed by atoms with Gasteiger partial charge in [0.05, 0.1) is 10.6 Å². The zero-order valence-corrected chi connectivity index (χ0v) is 10.7. The molecule has 0 spiro atoms. The normalized spacial score (nSPS) is 11.9. The summed E-state index contributed by atoms with van der Waals surface area (Å²) in [6.07, 6.45) is 0.314. The molecule has 0 fully saturated rings. The highest BCUT2D eigenvalue weighted by molar-refractivity contribution is 6.33. The van der Waals surface area contributed by atoms with Crippen LogP contribution in [-0.4, -0.2) is 23.5 Å². The Hall–Kier alpha value is -1.59. The minimum absolute atomic E-state index is 0.00462. The lowest BCUT2D eigenvalue weighted by Crippen LogP contribution is -2.20. The number of hydrogen-bond acceptors (Lipinski definition) is 3. The third kappa shape index (κ3) is 4.01. The van der Waals surface area contributed by atoms with E-state index in [2.05, 4.69) is 5.32 Å². The van der Waals surface area contributed by atoms with Gasteiger partial charge in [-0.2, -0.15) is 0 Å². The first-order valence-corrected chi connectivity index (χ1v) is 5.84. The van der Waals surface area contributed by atoms with Crippen molar-refractivity contribution in [1.29, 1.82) is 0 Å². The summed E-state index contributed by atoms with van der Waals surface area (Å²) in [5.74, 6) is -1.18. The van der Waals surface area contributed by atoms with Crippen LogP contribution in [0.4, 0.5) is 5.69 Å². The highest BCUT2D eigenvalue weighted by atomic mass is 35.5. The first kappa shape index (κ1) is 14.5. The van der Waals surface area contributed by atoms with Crippen LogP contribution < -0.4 is 11.1 Å². The second-order valence-electron chi connectivity index (χ2n) is 4.09. The minimum Gasteiger partial charge on any atom is -0.478 e. The summed E-state index contributed by atoms with van der Waals surface area (Å²) in [5, 5.41) is 11.5. The van der Waals surface area contributed by atoms with Crippen LogP contribution in [0.5, 0.6) is 0 Å². The Labute approximate surface area is 110 Å². The van der Waals surface area contributed by atoms with Crippen LogP contribution in [-0.2, 0) is 4.79 Å². The fourth-order valence-corrected chi connectivity index (χ4v) is 1.64. The van der Waals surface area contributed by atoms with Crippen LogP contribution in [0.25, 0.3) is 0 Å². The first-order valence-electron chi connectivity index (χ1n) is 5.46. The van der Waals surface area contributed by atoms with E-state index in [-0.39, 0.29) is 22.4 Å².